The molecule has 1 fully saturated rings. The molecule has 3 atom stereocenters. The molecule has 4 heteroatoms. The van der Waals surface area contributed by atoms with Gasteiger partial charge in [-0.3, -0.25) is 9.78 Å². The van der Waals surface area contributed by atoms with Crippen molar-refractivity contribution in [3.05, 3.63) is 24.0 Å². The summed E-state index contributed by atoms with van der Waals surface area (Å²) < 4.78 is 0. The van der Waals surface area contributed by atoms with E-state index in [2.05, 4.69) is 36.4 Å². The van der Waals surface area contributed by atoms with Gasteiger partial charge < -0.3 is 10.6 Å². The molecule has 0 aliphatic heterocycles. The highest BCUT2D eigenvalue weighted by molar-refractivity contribution is 5.99. The SMILES string of the molecule is CCCNc1cnccc1C(=O)NC1CCCC(C)C1C. The van der Waals surface area contributed by atoms with Gasteiger partial charge in [-0.1, -0.05) is 33.6 Å². The number of amides is 1. The Balaban J connectivity index is 2.06. The van der Waals surface area contributed by atoms with Crippen LogP contribution in [0.5, 0.6) is 0 Å². The molecule has 1 aromatic heterocycles. The lowest BCUT2D eigenvalue weighted by atomic mass is 9.78. The fraction of sp³-hybridized carbons (Fsp3) is 0.647. The first-order valence-corrected chi connectivity index (χ1v) is 8.12. The average Bonchev–Trinajstić information content (AvgIpc) is 2.50. The first-order chi connectivity index (χ1) is 10.1. The van der Waals surface area contributed by atoms with Crippen molar-refractivity contribution in [3.8, 4) is 0 Å². The molecule has 0 spiro atoms. The molecule has 0 saturated heterocycles. The molecule has 1 saturated carbocycles. The summed E-state index contributed by atoms with van der Waals surface area (Å²) in [5, 5.41) is 6.50. The molecule has 2 N–H and O–H groups in total. The number of carbonyl (C=O) groups is 1. The van der Waals surface area contributed by atoms with Crippen LogP contribution in [0.15, 0.2) is 18.5 Å². The molecule has 0 aromatic carbocycles. The van der Waals surface area contributed by atoms with Crippen molar-refractivity contribution < 1.29 is 4.79 Å². The van der Waals surface area contributed by atoms with Crippen molar-refractivity contribution in [1.82, 2.24) is 10.3 Å². The van der Waals surface area contributed by atoms with Crippen molar-refractivity contribution in [2.75, 3.05) is 11.9 Å². The van der Waals surface area contributed by atoms with E-state index in [1.165, 1.54) is 12.8 Å². The Bertz CT molecular complexity index is 475. The van der Waals surface area contributed by atoms with Gasteiger partial charge in [-0.25, -0.2) is 0 Å². The third kappa shape index (κ3) is 3.96. The van der Waals surface area contributed by atoms with Gasteiger partial charge in [0.05, 0.1) is 17.4 Å². The maximum atomic E-state index is 12.6. The van der Waals surface area contributed by atoms with Crippen LogP contribution in [-0.4, -0.2) is 23.5 Å². The zero-order valence-electron chi connectivity index (χ0n) is 13.4. The van der Waals surface area contributed by atoms with Gasteiger partial charge in [0.15, 0.2) is 0 Å². The van der Waals surface area contributed by atoms with Crippen LogP contribution in [0.4, 0.5) is 5.69 Å². The second-order valence-electron chi connectivity index (χ2n) is 6.20. The van der Waals surface area contributed by atoms with Crippen LogP contribution in [-0.2, 0) is 0 Å². The molecule has 1 amide bonds. The van der Waals surface area contributed by atoms with Gasteiger partial charge in [-0.05, 0) is 30.7 Å². The number of nitrogens with zero attached hydrogens (tertiary/aromatic N) is 1. The van der Waals surface area contributed by atoms with Gasteiger partial charge in [0.1, 0.15) is 0 Å². The van der Waals surface area contributed by atoms with Gasteiger partial charge in [-0.2, -0.15) is 0 Å². The number of anilines is 1. The minimum atomic E-state index is 0.0157. The topological polar surface area (TPSA) is 54.0 Å². The molecular weight excluding hydrogens is 262 g/mol. The quantitative estimate of drug-likeness (QED) is 0.873. The molecule has 4 nitrogen and oxygen atoms in total. The summed E-state index contributed by atoms with van der Waals surface area (Å²) in [7, 11) is 0. The van der Waals surface area contributed by atoms with Crippen molar-refractivity contribution in [3.63, 3.8) is 0 Å². The molecule has 116 valence electrons. The van der Waals surface area contributed by atoms with E-state index in [0.717, 1.165) is 25.1 Å². The lowest BCUT2D eigenvalue weighted by Crippen LogP contribution is -2.43. The van der Waals surface area contributed by atoms with E-state index < -0.39 is 0 Å². The third-order valence-electron chi connectivity index (χ3n) is 4.65. The van der Waals surface area contributed by atoms with Crippen LogP contribution in [0.1, 0.15) is 56.8 Å². The number of hydrogen-bond donors (Lipinski definition) is 2. The maximum absolute atomic E-state index is 12.6. The molecular formula is C17H27N3O. The summed E-state index contributed by atoms with van der Waals surface area (Å²) in [5.41, 5.74) is 1.53. The number of hydrogen-bond acceptors (Lipinski definition) is 3. The Morgan fingerprint density at radius 3 is 2.95 bits per heavy atom. The monoisotopic (exact) mass is 289 g/mol. The summed E-state index contributed by atoms with van der Waals surface area (Å²) in [6, 6.07) is 2.08. The Labute approximate surface area is 127 Å². The van der Waals surface area contributed by atoms with Crippen molar-refractivity contribution in [1.29, 1.82) is 0 Å². The van der Waals surface area contributed by atoms with E-state index in [0.29, 0.717) is 17.4 Å². The number of rotatable bonds is 5. The zero-order valence-corrected chi connectivity index (χ0v) is 13.4. The van der Waals surface area contributed by atoms with E-state index >= 15 is 0 Å². The molecule has 21 heavy (non-hydrogen) atoms. The third-order valence-corrected chi connectivity index (χ3v) is 4.65. The van der Waals surface area contributed by atoms with Crippen molar-refractivity contribution in [2.45, 2.75) is 52.5 Å². The summed E-state index contributed by atoms with van der Waals surface area (Å²) in [6.45, 7) is 7.48. The largest absolute Gasteiger partial charge is 0.383 e. The molecule has 1 aliphatic rings. The van der Waals surface area contributed by atoms with Crippen molar-refractivity contribution >= 4 is 11.6 Å². The smallest absolute Gasteiger partial charge is 0.253 e. The highest BCUT2D eigenvalue weighted by atomic mass is 16.1. The Morgan fingerprint density at radius 2 is 2.19 bits per heavy atom. The highest BCUT2D eigenvalue weighted by Crippen LogP contribution is 2.29. The number of carbonyl (C=O) groups excluding carboxylic acids is 1. The highest BCUT2D eigenvalue weighted by Gasteiger charge is 2.28. The first-order valence-electron chi connectivity index (χ1n) is 8.12. The van der Waals surface area contributed by atoms with E-state index in [-0.39, 0.29) is 11.9 Å². The van der Waals surface area contributed by atoms with Crippen LogP contribution < -0.4 is 10.6 Å². The summed E-state index contributed by atoms with van der Waals surface area (Å²) >= 11 is 0. The standard InChI is InChI=1S/C17H27N3O/c1-4-9-19-16-11-18-10-8-14(16)17(21)20-15-7-5-6-12(2)13(15)3/h8,10-13,15,19H,4-7,9H2,1-3H3,(H,20,21). The summed E-state index contributed by atoms with van der Waals surface area (Å²) in [4.78, 5) is 16.7. The first kappa shape index (κ1) is 15.8. The van der Waals surface area contributed by atoms with Gasteiger partial charge in [0.25, 0.3) is 5.91 Å². The zero-order chi connectivity index (χ0) is 15.2. The lowest BCUT2D eigenvalue weighted by Gasteiger charge is -2.34. The molecule has 1 heterocycles. The summed E-state index contributed by atoms with van der Waals surface area (Å²) in [6.07, 6.45) is 7.99. The van der Waals surface area contributed by atoms with Crippen LogP contribution in [0.25, 0.3) is 0 Å². The van der Waals surface area contributed by atoms with Crippen LogP contribution in [0.2, 0.25) is 0 Å². The van der Waals surface area contributed by atoms with Gasteiger partial charge in [-0.15, -0.1) is 0 Å². The van der Waals surface area contributed by atoms with E-state index in [1.807, 2.05) is 0 Å². The minimum absolute atomic E-state index is 0.0157. The van der Waals surface area contributed by atoms with E-state index in [4.69, 9.17) is 0 Å². The fourth-order valence-corrected chi connectivity index (χ4v) is 3.02. The van der Waals surface area contributed by atoms with Crippen LogP contribution >= 0.6 is 0 Å². The molecule has 3 unspecified atom stereocenters. The predicted octanol–water partition coefficient (Wildman–Crippen LogP) is 3.46. The Hall–Kier alpha value is -1.58. The molecule has 1 aliphatic carbocycles. The van der Waals surface area contributed by atoms with Gasteiger partial charge in [0.2, 0.25) is 0 Å². The van der Waals surface area contributed by atoms with Gasteiger partial charge in [0, 0.05) is 18.8 Å². The fourth-order valence-electron chi connectivity index (χ4n) is 3.02. The molecule has 0 radical (unpaired) electrons. The number of nitrogens with one attached hydrogen (secondary N) is 2. The second-order valence-corrected chi connectivity index (χ2v) is 6.20. The van der Waals surface area contributed by atoms with Crippen LogP contribution in [0.3, 0.4) is 0 Å². The summed E-state index contributed by atoms with van der Waals surface area (Å²) in [5.74, 6) is 1.23. The Morgan fingerprint density at radius 1 is 1.38 bits per heavy atom. The lowest BCUT2D eigenvalue weighted by molar-refractivity contribution is 0.0892. The van der Waals surface area contributed by atoms with Crippen LogP contribution in [0, 0.1) is 11.8 Å². The van der Waals surface area contributed by atoms with E-state index in [9.17, 15) is 4.79 Å². The Kier molecular flexibility index (Phi) is 5.59. The number of aromatic nitrogens is 1. The predicted molar refractivity (Wildman–Crippen MR) is 86.5 cm³/mol. The maximum Gasteiger partial charge on any atom is 0.253 e. The second kappa shape index (κ2) is 7.43. The number of pyridine rings is 1. The minimum Gasteiger partial charge on any atom is -0.383 e. The van der Waals surface area contributed by atoms with Gasteiger partial charge >= 0.3 is 0 Å². The average molecular weight is 289 g/mol. The van der Waals surface area contributed by atoms with E-state index in [1.54, 1.807) is 18.5 Å². The molecule has 1 aromatic rings. The molecule has 0 bridgehead atoms. The van der Waals surface area contributed by atoms with Crippen molar-refractivity contribution in [2.24, 2.45) is 11.8 Å². The normalized spacial score (nSPS) is 25.4. The molecule has 2 rings (SSSR count).